The minimum Gasteiger partial charge on any atom is -0.444 e. The fourth-order valence-electron chi connectivity index (χ4n) is 6.91. The average Bonchev–Trinajstić information content (AvgIpc) is 3.47. The average molecular weight is 693 g/mol. The van der Waals surface area contributed by atoms with Gasteiger partial charge in [0.25, 0.3) is 10.0 Å². The monoisotopic (exact) mass is 692 g/mol. The summed E-state index contributed by atoms with van der Waals surface area (Å²) >= 11 is 0. The van der Waals surface area contributed by atoms with Crippen molar-refractivity contribution in [2.75, 3.05) is 19.6 Å². The number of likely N-dealkylation sites (tertiary alicyclic amines) is 1. The van der Waals surface area contributed by atoms with Crippen LogP contribution in [0.1, 0.15) is 55.9 Å². The summed E-state index contributed by atoms with van der Waals surface area (Å²) in [7, 11) is -3.95. The van der Waals surface area contributed by atoms with E-state index in [0.717, 1.165) is 70.3 Å². The number of hydrogen-bond donors (Lipinski definition) is 1. The number of aliphatic hydroxyl groups is 1. The van der Waals surface area contributed by atoms with E-state index in [4.69, 9.17) is 9.72 Å². The Labute approximate surface area is 294 Å². The van der Waals surface area contributed by atoms with Crippen molar-refractivity contribution in [1.82, 2.24) is 18.8 Å². The Morgan fingerprint density at radius 3 is 2.40 bits per heavy atom. The highest BCUT2D eigenvalue weighted by Crippen LogP contribution is 2.36. The van der Waals surface area contributed by atoms with Crippen LogP contribution in [-0.2, 0) is 34.3 Å². The van der Waals surface area contributed by atoms with Gasteiger partial charge in [0, 0.05) is 55.1 Å². The Kier molecular flexibility index (Phi) is 9.05. The molecule has 7 rings (SSSR count). The second-order valence-electron chi connectivity index (χ2n) is 14.6. The van der Waals surface area contributed by atoms with Gasteiger partial charge < -0.3 is 14.7 Å². The first-order chi connectivity index (χ1) is 23.8. The number of carbonyl (C=O) groups excluding carboxylic acids is 1. The summed E-state index contributed by atoms with van der Waals surface area (Å²) < 4.78 is 35.0. The van der Waals surface area contributed by atoms with Crippen molar-refractivity contribution in [2.24, 2.45) is 0 Å². The second kappa shape index (κ2) is 13.3. The van der Waals surface area contributed by atoms with E-state index in [1.807, 2.05) is 45.9 Å². The maximum absolute atomic E-state index is 14.1. The van der Waals surface area contributed by atoms with Gasteiger partial charge in [0.15, 0.2) is 5.65 Å². The number of nitrogens with zero attached hydrogens (tertiary/aromatic N) is 4. The Morgan fingerprint density at radius 2 is 1.68 bits per heavy atom. The zero-order valence-electron chi connectivity index (χ0n) is 29.1. The molecule has 3 aromatic carbocycles. The van der Waals surface area contributed by atoms with Gasteiger partial charge in [-0.2, -0.15) is 0 Å². The Balaban J connectivity index is 1.25. The number of ether oxygens (including phenoxy) is 1. The first-order valence-electron chi connectivity index (χ1n) is 17.3. The lowest BCUT2D eigenvalue weighted by molar-refractivity contribution is 0.0224. The van der Waals surface area contributed by atoms with Gasteiger partial charge in [-0.15, -0.1) is 0 Å². The Morgan fingerprint density at radius 1 is 0.940 bits per heavy atom. The van der Waals surface area contributed by atoms with E-state index >= 15 is 0 Å². The third kappa shape index (κ3) is 7.06. The molecule has 0 radical (unpaired) electrons. The maximum Gasteiger partial charge on any atom is 0.410 e. The van der Waals surface area contributed by atoms with Crippen LogP contribution in [0.15, 0.2) is 90.1 Å². The first-order valence-corrected chi connectivity index (χ1v) is 18.7. The lowest BCUT2D eigenvalue weighted by Gasteiger charge is -2.31. The van der Waals surface area contributed by atoms with Crippen molar-refractivity contribution in [3.8, 4) is 22.3 Å². The number of hydrogen-bond acceptors (Lipinski definition) is 7. The third-order valence-corrected chi connectivity index (χ3v) is 11.2. The Hall–Kier alpha value is -4.51. The highest BCUT2D eigenvalue weighted by Gasteiger charge is 2.28. The smallest absolute Gasteiger partial charge is 0.410 e. The molecule has 50 heavy (non-hydrogen) atoms. The van der Waals surface area contributed by atoms with Crippen molar-refractivity contribution >= 4 is 27.1 Å². The van der Waals surface area contributed by atoms with Crippen LogP contribution >= 0.6 is 0 Å². The van der Waals surface area contributed by atoms with Gasteiger partial charge in [-0.1, -0.05) is 60.2 Å². The van der Waals surface area contributed by atoms with E-state index < -0.39 is 15.6 Å². The van der Waals surface area contributed by atoms with Gasteiger partial charge in [0.1, 0.15) is 5.60 Å². The molecule has 1 N–H and O–H groups in total. The van der Waals surface area contributed by atoms with Gasteiger partial charge in [0.05, 0.1) is 11.0 Å². The summed E-state index contributed by atoms with van der Waals surface area (Å²) in [6.07, 6.45) is 5.36. The van der Waals surface area contributed by atoms with Crippen molar-refractivity contribution in [3.63, 3.8) is 0 Å². The molecule has 10 heteroatoms. The molecule has 5 aromatic rings. The van der Waals surface area contributed by atoms with Crippen LogP contribution in [0, 0.1) is 6.92 Å². The van der Waals surface area contributed by atoms with Crippen LogP contribution in [-0.4, -0.2) is 69.7 Å². The standard InChI is InChI=1S/C40H44N4O5S/c1-27-7-15-35(16-8-27)50(47,48)44-26-37(31-13-14-32-24-43(19-17-30(32)20-31)39(46)49-40(2,3)4)36-21-33(22-41-38(36)44)29-11-9-28(10-12-29)23-42-18-5-6-34(45)25-42/h7-16,20-22,26,34,45H,5-6,17-19,23-25H2,1-4H3. The first kappa shape index (κ1) is 34.0. The topological polar surface area (TPSA) is 105 Å². The number of amides is 1. The largest absolute Gasteiger partial charge is 0.444 e. The van der Waals surface area contributed by atoms with Crippen LogP contribution < -0.4 is 0 Å². The van der Waals surface area contributed by atoms with Crippen molar-refractivity contribution in [2.45, 2.75) is 76.6 Å². The number of aryl methyl sites for hydroxylation is 1. The number of fused-ring (bicyclic) bond motifs is 2. The molecule has 1 saturated heterocycles. The Bertz CT molecular complexity index is 2150. The minimum atomic E-state index is -3.95. The summed E-state index contributed by atoms with van der Waals surface area (Å²) in [5, 5.41) is 10.8. The zero-order chi connectivity index (χ0) is 35.2. The van der Waals surface area contributed by atoms with Crippen molar-refractivity contribution in [3.05, 3.63) is 107 Å². The van der Waals surface area contributed by atoms with Crippen LogP contribution in [0.25, 0.3) is 33.3 Å². The van der Waals surface area contributed by atoms with Crippen LogP contribution in [0.2, 0.25) is 0 Å². The molecule has 4 heterocycles. The number of aromatic nitrogens is 2. The molecule has 2 aromatic heterocycles. The molecule has 0 aliphatic carbocycles. The SMILES string of the molecule is Cc1ccc(S(=O)(=O)n2cc(-c3ccc4c(c3)CCN(C(=O)OC(C)(C)C)C4)c3cc(-c4ccc(CN5CCCC(O)C5)cc4)cnc32)cc1. The summed E-state index contributed by atoms with van der Waals surface area (Å²) in [5.41, 5.74) is 7.61. The predicted molar refractivity (Wildman–Crippen MR) is 195 cm³/mol. The van der Waals surface area contributed by atoms with Gasteiger partial charge in [0.2, 0.25) is 0 Å². The highest BCUT2D eigenvalue weighted by molar-refractivity contribution is 7.90. The lowest BCUT2D eigenvalue weighted by atomic mass is 9.94. The third-order valence-electron chi connectivity index (χ3n) is 9.55. The van der Waals surface area contributed by atoms with Crippen molar-refractivity contribution in [1.29, 1.82) is 0 Å². The maximum atomic E-state index is 14.1. The molecule has 2 aliphatic rings. The summed E-state index contributed by atoms with van der Waals surface area (Å²) in [5.74, 6) is 0. The van der Waals surface area contributed by atoms with E-state index in [1.165, 1.54) is 9.54 Å². The molecule has 0 bridgehead atoms. The van der Waals surface area contributed by atoms with Gasteiger partial charge in [-0.05, 0) is 99.5 Å². The quantitative estimate of drug-likeness (QED) is 0.201. The summed E-state index contributed by atoms with van der Waals surface area (Å²) in [6, 6.07) is 23.4. The fourth-order valence-corrected chi connectivity index (χ4v) is 8.24. The number of β-amino-alcohol motifs (C(OH)–C–C–N with tert-alkyl or cyclic N) is 1. The summed E-state index contributed by atoms with van der Waals surface area (Å²) in [4.78, 5) is 21.8. The predicted octanol–water partition coefficient (Wildman–Crippen LogP) is 7.17. The van der Waals surface area contributed by atoms with Crippen molar-refractivity contribution < 1.29 is 23.1 Å². The number of piperidine rings is 1. The molecule has 0 saturated carbocycles. The van der Waals surface area contributed by atoms with E-state index in [-0.39, 0.29) is 17.1 Å². The van der Waals surface area contributed by atoms with E-state index in [1.54, 1.807) is 41.6 Å². The number of carbonyl (C=O) groups is 1. The molecule has 2 aliphatic heterocycles. The minimum absolute atomic E-state index is 0.196. The zero-order valence-corrected chi connectivity index (χ0v) is 29.9. The molecule has 0 spiro atoms. The fraction of sp³-hybridized carbons (Fsp3) is 0.350. The lowest BCUT2D eigenvalue weighted by Crippen LogP contribution is -2.39. The summed E-state index contributed by atoms with van der Waals surface area (Å²) in [6.45, 7) is 11.0. The van der Waals surface area contributed by atoms with E-state index in [9.17, 15) is 18.3 Å². The van der Waals surface area contributed by atoms with Gasteiger partial charge in [-0.25, -0.2) is 22.2 Å². The van der Waals surface area contributed by atoms with E-state index in [0.29, 0.717) is 31.7 Å². The molecule has 260 valence electrons. The molecular weight excluding hydrogens is 649 g/mol. The number of pyridine rings is 1. The molecular formula is C40H44N4O5S. The normalized spacial score (nSPS) is 17.1. The molecule has 1 fully saturated rings. The van der Waals surface area contributed by atoms with Gasteiger partial charge >= 0.3 is 6.09 Å². The van der Waals surface area contributed by atoms with Crippen LogP contribution in [0.5, 0.6) is 0 Å². The second-order valence-corrected chi connectivity index (χ2v) is 16.4. The highest BCUT2D eigenvalue weighted by atomic mass is 32.2. The van der Waals surface area contributed by atoms with Gasteiger partial charge in [-0.3, -0.25) is 4.90 Å². The molecule has 1 unspecified atom stereocenters. The van der Waals surface area contributed by atoms with E-state index in [2.05, 4.69) is 35.2 Å². The molecule has 1 atom stereocenters. The number of rotatable bonds is 6. The number of benzene rings is 3. The van der Waals surface area contributed by atoms with Crippen LogP contribution in [0.3, 0.4) is 0 Å². The molecule has 1 amide bonds. The van der Waals surface area contributed by atoms with Crippen LogP contribution in [0.4, 0.5) is 4.79 Å². The number of aliphatic hydroxyl groups excluding tert-OH is 1. The molecule has 9 nitrogen and oxygen atoms in total.